The van der Waals surface area contributed by atoms with Crippen molar-refractivity contribution in [1.82, 2.24) is 19.9 Å². The number of fused-ring (bicyclic) bond motifs is 1. The van der Waals surface area contributed by atoms with E-state index in [2.05, 4.69) is 20.8 Å². The van der Waals surface area contributed by atoms with Crippen LogP contribution in [0.1, 0.15) is 5.76 Å². The summed E-state index contributed by atoms with van der Waals surface area (Å²) in [5.41, 5.74) is 0.670. The standard InChI is InChI=1S/C12H11N5O2/c18-12(13-8-9-4-3-7-19-9)14-11-16-15-10-5-1-2-6-17(10)11/h1-7H,8H2,(H2,13,14,16,18). The fourth-order valence-corrected chi connectivity index (χ4v) is 1.65. The number of amides is 2. The molecule has 96 valence electrons. The number of anilines is 1. The van der Waals surface area contributed by atoms with Gasteiger partial charge in [-0.15, -0.1) is 10.2 Å². The predicted octanol–water partition coefficient (Wildman–Crippen LogP) is 1.64. The van der Waals surface area contributed by atoms with E-state index in [0.717, 1.165) is 0 Å². The van der Waals surface area contributed by atoms with Crippen LogP contribution in [-0.4, -0.2) is 20.6 Å². The van der Waals surface area contributed by atoms with Crippen LogP contribution < -0.4 is 10.6 Å². The fraction of sp³-hybridized carbons (Fsp3) is 0.0833. The Morgan fingerprint density at radius 2 is 2.21 bits per heavy atom. The lowest BCUT2D eigenvalue weighted by atomic mass is 10.4. The molecule has 0 aromatic carbocycles. The number of nitrogens with zero attached hydrogens (tertiary/aromatic N) is 3. The summed E-state index contributed by atoms with van der Waals surface area (Å²) in [6, 6.07) is 8.68. The highest BCUT2D eigenvalue weighted by Crippen LogP contribution is 2.07. The van der Waals surface area contributed by atoms with E-state index in [0.29, 0.717) is 23.9 Å². The van der Waals surface area contributed by atoms with E-state index in [1.807, 2.05) is 12.1 Å². The van der Waals surface area contributed by atoms with Crippen LogP contribution in [0.2, 0.25) is 0 Å². The van der Waals surface area contributed by atoms with E-state index in [4.69, 9.17) is 4.42 Å². The Bertz CT molecular complexity index is 689. The first-order valence-corrected chi connectivity index (χ1v) is 5.70. The molecule has 0 aliphatic rings. The lowest BCUT2D eigenvalue weighted by Crippen LogP contribution is -2.28. The van der Waals surface area contributed by atoms with Crippen molar-refractivity contribution in [1.29, 1.82) is 0 Å². The number of hydrogen-bond donors (Lipinski definition) is 2. The third kappa shape index (κ3) is 2.39. The summed E-state index contributed by atoms with van der Waals surface area (Å²) in [7, 11) is 0. The number of aromatic nitrogens is 3. The number of furan rings is 1. The Hall–Kier alpha value is -2.83. The van der Waals surface area contributed by atoms with Crippen molar-refractivity contribution in [3.63, 3.8) is 0 Å². The van der Waals surface area contributed by atoms with Gasteiger partial charge in [0.05, 0.1) is 12.8 Å². The number of carbonyl (C=O) groups excluding carboxylic acids is 1. The minimum atomic E-state index is -0.366. The van der Waals surface area contributed by atoms with E-state index < -0.39 is 0 Å². The van der Waals surface area contributed by atoms with Crippen molar-refractivity contribution < 1.29 is 9.21 Å². The summed E-state index contributed by atoms with van der Waals surface area (Å²) in [6.45, 7) is 0.315. The number of hydrogen-bond acceptors (Lipinski definition) is 4. The van der Waals surface area contributed by atoms with Gasteiger partial charge >= 0.3 is 6.03 Å². The van der Waals surface area contributed by atoms with Crippen molar-refractivity contribution >= 4 is 17.6 Å². The Kier molecular flexibility index (Phi) is 2.85. The summed E-state index contributed by atoms with van der Waals surface area (Å²) < 4.78 is 6.80. The number of nitrogens with one attached hydrogen (secondary N) is 2. The summed E-state index contributed by atoms with van der Waals surface area (Å²) in [6.07, 6.45) is 3.33. The van der Waals surface area contributed by atoms with Crippen molar-refractivity contribution in [2.75, 3.05) is 5.32 Å². The monoisotopic (exact) mass is 257 g/mol. The SMILES string of the molecule is O=C(NCc1ccco1)Nc1nnc2ccccn12. The normalized spacial score (nSPS) is 10.5. The van der Waals surface area contributed by atoms with Gasteiger partial charge in [0.15, 0.2) is 5.65 Å². The number of urea groups is 1. The second kappa shape index (κ2) is 4.81. The highest BCUT2D eigenvalue weighted by Gasteiger charge is 2.08. The van der Waals surface area contributed by atoms with Crippen LogP contribution in [0.5, 0.6) is 0 Å². The lowest BCUT2D eigenvalue weighted by Gasteiger charge is -2.04. The van der Waals surface area contributed by atoms with Crippen molar-refractivity contribution in [3.8, 4) is 0 Å². The van der Waals surface area contributed by atoms with Gasteiger partial charge in [0.1, 0.15) is 5.76 Å². The smallest absolute Gasteiger partial charge is 0.321 e. The van der Waals surface area contributed by atoms with Gasteiger partial charge in [0.25, 0.3) is 0 Å². The van der Waals surface area contributed by atoms with Crippen molar-refractivity contribution in [3.05, 3.63) is 48.6 Å². The Morgan fingerprint density at radius 3 is 3.05 bits per heavy atom. The van der Waals surface area contributed by atoms with Gasteiger partial charge in [0.2, 0.25) is 5.95 Å². The molecule has 0 fully saturated rings. The average Bonchev–Trinajstić information content (AvgIpc) is 3.07. The van der Waals surface area contributed by atoms with Gasteiger partial charge in [-0.2, -0.15) is 0 Å². The molecular weight excluding hydrogens is 246 g/mol. The summed E-state index contributed by atoms with van der Waals surface area (Å²) in [5.74, 6) is 1.05. The molecule has 3 aromatic heterocycles. The molecule has 3 heterocycles. The number of rotatable bonds is 3. The molecule has 0 aliphatic heterocycles. The third-order valence-electron chi connectivity index (χ3n) is 2.54. The quantitative estimate of drug-likeness (QED) is 0.747. The molecule has 7 nitrogen and oxygen atoms in total. The molecule has 0 aliphatic carbocycles. The summed E-state index contributed by atoms with van der Waals surface area (Å²) >= 11 is 0. The minimum absolute atomic E-state index is 0.315. The maximum atomic E-state index is 11.7. The Balaban J connectivity index is 1.66. The largest absolute Gasteiger partial charge is 0.467 e. The van der Waals surface area contributed by atoms with Crippen LogP contribution in [0.4, 0.5) is 10.7 Å². The molecule has 0 spiro atoms. The first kappa shape index (κ1) is 11.3. The molecule has 7 heteroatoms. The van der Waals surface area contributed by atoms with Gasteiger partial charge < -0.3 is 9.73 Å². The zero-order valence-corrected chi connectivity index (χ0v) is 9.91. The van der Waals surface area contributed by atoms with Crippen molar-refractivity contribution in [2.45, 2.75) is 6.54 Å². The summed E-state index contributed by atoms with van der Waals surface area (Å²) in [5, 5.41) is 13.1. The van der Waals surface area contributed by atoms with E-state index >= 15 is 0 Å². The third-order valence-corrected chi connectivity index (χ3v) is 2.54. The zero-order chi connectivity index (χ0) is 13.1. The van der Waals surface area contributed by atoms with E-state index in [1.54, 1.807) is 35.1 Å². The van der Waals surface area contributed by atoms with Gasteiger partial charge in [-0.25, -0.2) is 4.79 Å². The van der Waals surface area contributed by atoms with E-state index in [9.17, 15) is 4.79 Å². The van der Waals surface area contributed by atoms with Gasteiger partial charge in [0, 0.05) is 6.20 Å². The lowest BCUT2D eigenvalue weighted by molar-refractivity contribution is 0.250. The van der Waals surface area contributed by atoms with E-state index in [1.165, 1.54) is 0 Å². The molecule has 2 N–H and O–H groups in total. The van der Waals surface area contributed by atoms with Crippen LogP contribution >= 0.6 is 0 Å². The highest BCUT2D eigenvalue weighted by atomic mass is 16.3. The van der Waals surface area contributed by atoms with Gasteiger partial charge in [-0.1, -0.05) is 6.07 Å². The van der Waals surface area contributed by atoms with Gasteiger partial charge in [-0.3, -0.25) is 9.72 Å². The zero-order valence-electron chi connectivity index (χ0n) is 9.91. The molecule has 0 atom stereocenters. The molecule has 0 bridgehead atoms. The molecule has 2 amide bonds. The second-order valence-corrected chi connectivity index (χ2v) is 3.84. The molecule has 0 unspecified atom stereocenters. The second-order valence-electron chi connectivity index (χ2n) is 3.84. The van der Waals surface area contributed by atoms with Crippen molar-refractivity contribution in [2.24, 2.45) is 0 Å². The molecule has 0 saturated carbocycles. The maximum absolute atomic E-state index is 11.7. The van der Waals surface area contributed by atoms with Crippen LogP contribution in [-0.2, 0) is 6.54 Å². The maximum Gasteiger partial charge on any atom is 0.321 e. The topological polar surface area (TPSA) is 84.5 Å². The highest BCUT2D eigenvalue weighted by molar-refractivity contribution is 5.87. The Labute approximate surface area is 108 Å². The number of carbonyl (C=O) groups is 1. The van der Waals surface area contributed by atoms with Crippen LogP contribution in [0.25, 0.3) is 5.65 Å². The average molecular weight is 257 g/mol. The molecular formula is C12H11N5O2. The molecule has 3 rings (SSSR count). The van der Waals surface area contributed by atoms with Crippen LogP contribution in [0.3, 0.4) is 0 Å². The molecule has 3 aromatic rings. The Morgan fingerprint density at radius 1 is 1.26 bits per heavy atom. The fourth-order valence-electron chi connectivity index (χ4n) is 1.65. The number of pyridine rings is 1. The first-order valence-electron chi connectivity index (χ1n) is 5.70. The van der Waals surface area contributed by atoms with Crippen LogP contribution in [0.15, 0.2) is 47.2 Å². The summed E-state index contributed by atoms with van der Waals surface area (Å²) in [4.78, 5) is 11.7. The molecule has 19 heavy (non-hydrogen) atoms. The minimum Gasteiger partial charge on any atom is -0.467 e. The molecule has 0 radical (unpaired) electrons. The van der Waals surface area contributed by atoms with E-state index in [-0.39, 0.29) is 6.03 Å². The predicted molar refractivity (Wildman–Crippen MR) is 67.6 cm³/mol. The first-order chi connectivity index (χ1) is 9.33. The molecule has 0 saturated heterocycles. The van der Waals surface area contributed by atoms with Gasteiger partial charge in [-0.05, 0) is 24.3 Å². The van der Waals surface area contributed by atoms with Crippen LogP contribution in [0, 0.1) is 0 Å².